The molecule has 2 amide bonds. The number of nitrogens with one attached hydrogen (secondary N) is 2. The van der Waals surface area contributed by atoms with Gasteiger partial charge in [-0.15, -0.1) is 0 Å². The molecule has 0 unspecified atom stereocenters. The van der Waals surface area contributed by atoms with Crippen molar-refractivity contribution in [2.24, 2.45) is 4.99 Å². The summed E-state index contributed by atoms with van der Waals surface area (Å²) in [5.41, 5.74) is 1.85. The topological polar surface area (TPSA) is 70.6 Å². The number of benzene rings is 1. The fraction of sp³-hybridized carbons (Fsp3) is 0.400. The lowest BCUT2D eigenvalue weighted by molar-refractivity contribution is -0.135. The minimum atomic E-state index is -0.682. The molecule has 6 heteroatoms. The Kier molecular flexibility index (Phi) is 5.80. The molecule has 5 nitrogen and oxygen atoms in total. The molecule has 1 heterocycles. The second kappa shape index (κ2) is 7.83. The van der Waals surface area contributed by atoms with Crippen molar-refractivity contribution in [3.05, 3.63) is 29.8 Å². The highest BCUT2D eigenvalue weighted by Gasteiger charge is 2.17. The molecule has 0 spiro atoms. The van der Waals surface area contributed by atoms with Gasteiger partial charge in [-0.25, -0.2) is 0 Å². The molecule has 0 aliphatic carbocycles. The fourth-order valence-electron chi connectivity index (χ4n) is 1.89. The zero-order valence-corrected chi connectivity index (χ0v) is 12.8. The number of nitrogens with zero attached hydrogens (tertiary/aromatic N) is 1. The van der Waals surface area contributed by atoms with E-state index in [1.807, 2.05) is 24.3 Å². The molecular weight excluding hydrogens is 286 g/mol. The van der Waals surface area contributed by atoms with Gasteiger partial charge in [0.05, 0.1) is 6.54 Å². The Morgan fingerprint density at radius 3 is 2.52 bits per heavy atom. The van der Waals surface area contributed by atoms with Gasteiger partial charge >= 0.3 is 11.8 Å². The van der Waals surface area contributed by atoms with Crippen LogP contribution in [0, 0.1) is 0 Å². The quantitative estimate of drug-likeness (QED) is 0.838. The number of amidine groups is 1. The molecule has 1 aliphatic rings. The summed E-state index contributed by atoms with van der Waals surface area (Å²) in [5, 5.41) is 5.60. The van der Waals surface area contributed by atoms with Crippen LogP contribution in [0.2, 0.25) is 0 Å². The fourth-order valence-corrected chi connectivity index (χ4v) is 2.61. The highest BCUT2D eigenvalue weighted by Crippen LogP contribution is 2.12. The number of rotatable bonds is 4. The van der Waals surface area contributed by atoms with Gasteiger partial charge in [-0.3, -0.25) is 19.9 Å². The predicted octanol–water partition coefficient (Wildman–Crippen LogP) is 2.19. The normalized spacial score (nSPS) is 13.7. The number of aryl methyl sites for hydroxylation is 1. The molecule has 0 fully saturated rings. The van der Waals surface area contributed by atoms with Crippen molar-refractivity contribution in [2.45, 2.75) is 26.2 Å². The van der Waals surface area contributed by atoms with Crippen LogP contribution in [-0.4, -0.2) is 29.3 Å². The van der Waals surface area contributed by atoms with Crippen LogP contribution in [0.3, 0.4) is 0 Å². The maximum Gasteiger partial charge on any atom is 0.315 e. The van der Waals surface area contributed by atoms with E-state index in [9.17, 15) is 9.59 Å². The van der Waals surface area contributed by atoms with Crippen LogP contribution in [0.4, 0.5) is 5.69 Å². The van der Waals surface area contributed by atoms with Crippen molar-refractivity contribution in [2.75, 3.05) is 17.6 Å². The van der Waals surface area contributed by atoms with E-state index in [0.717, 1.165) is 25.0 Å². The van der Waals surface area contributed by atoms with Crippen molar-refractivity contribution in [1.82, 2.24) is 5.32 Å². The third kappa shape index (κ3) is 4.90. The summed E-state index contributed by atoms with van der Waals surface area (Å²) in [6.45, 7) is 2.83. The van der Waals surface area contributed by atoms with Gasteiger partial charge < -0.3 is 5.32 Å². The van der Waals surface area contributed by atoms with E-state index in [1.165, 1.54) is 17.3 Å². The summed E-state index contributed by atoms with van der Waals surface area (Å²) in [7, 11) is 0. The maximum atomic E-state index is 11.8. The van der Waals surface area contributed by atoms with E-state index in [1.54, 1.807) is 0 Å². The highest BCUT2D eigenvalue weighted by molar-refractivity contribution is 8.14. The number of aliphatic imine (C=N–C) groups is 1. The predicted molar refractivity (Wildman–Crippen MR) is 86.6 cm³/mol. The summed E-state index contributed by atoms with van der Waals surface area (Å²) in [6, 6.07) is 7.58. The Balaban J connectivity index is 1.85. The first-order valence-electron chi connectivity index (χ1n) is 7.07. The second-order valence-electron chi connectivity index (χ2n) is 4.74. The lowest BCUT2D eigenvalue weighted by Crippen LogP contribution is -2.37. The summed E-state index contributed by atoms with van der Waals surface area (Å²) >= 11 is 1.44. The molecule has 2 rings (SSSR count). The van der Waals surface area contributed by atoms with Crippen molar-refractivity contribution in [3.8, 4) is 0 Å². The Labute approximate surface area is 128 Å². The van der Waals surface area contributed by atoms with E-state index < -0.39 is 11.8 Å². The largest absolute Gasteiger partial charge is 0.318 e. The first kappa shape index (κ1) is 15.6. The molecule has 0 saturated heterocycles. The van der Waals surface area contributed by atoms with Crippen LogP contribution in [-0.2, 0) is 16.0 Å². The molecule has 1 aromatic carbocycles. The molecule has 1 aromatic rings. The van der Waals surface area contributed by atoms with E-state index in [0.29, 0.717) is 17.4 Å². The molecule has 0 atom stereocenters. The molecule has 112 valence electrons. The number of amides is 2. The van der Waals surface area contributed by atoms with Crippen LogP contribution in [0.1, 0.15) is 25.3 Å². The lowest BCUT2D eigenvalue weighted by Gasteiger charge is -2.07. The molecule has 1 aliphatic heterocycles. The van der Waals surface area contributed by atoms with Gasteiger partial charge in [0.15, 0.2) is 5.17 Å². The minimum absolute atomic E-state index is 0.519. The zero-order valence-electron chi connectivity index (χ0n) is 12.0. The number of hydrogen-bond acceptors (Lipinski definition) is 4. The van der Waals surface area contributed by atoms with Gasteiger partial charge in [-0.05, 0) is 30.5 Å². The van der Waals surface area contributed by atoms with Crippen molar-refractivity contribution >= 4 is 34.4 Å². The molecule has 0 bridgehead atoms. The summed E-state index contributed by atoms with van der Waals surface area (Å²) < 4.78 is 0. The van der Waals surface area contributed by atoms with Gasteiger partial charge in [0, 0.05) is 11.4 Å². The third-order valence-electron chi connectivity index (χ3n) is 3.04. The van der Waals surface area contributed by atoms with E-state index in [-0.39, 0.29) is 0 Å². The van der Waals surface area contributed by atoms with Gasteiger partial charge in [0.2, 0.25) is 0 Å². The molecule has 21 heavy (non-hydrogen) atoms. The number of thioether (sulfide) groups is 1. The highest BCUT2D eigenvalue weighted by atomic mass is 32.2. The van der Waals surface area contributed by atoms with Crippen LogP contribution in [0.15, 0.2) is 29.3 Å². The first-order chi connectivity index (χ1) is 10.2. The number of carbonyl (C=O) groups excluding carboxylic acids is 2. The second-order valence-corrected chi connectivity index (χ2v) is 5.83. The summed E-state index contributed by atoms with van der Waals surface area (Å²) in [6.07, 6.45) is 3.33. The van der Waals surface area contributed by atoms with Gasteiger partial charge in [-0.1, -0.05) is 37.2 Å². The molecular formula is C15H19N3O2S. The standard InChI is InChI=1S/C15H19N3O2S/c1-2-3-4-11-5-7-12(8-6-11)17-13(19)14(20)18-15-16-9-10-21-15/h5-8H,2-4,9-10H2,1H3,(H,17,19)(H,16,18,20). The lowest BCUT2D eigenvalue weighted by atomic mass is 10.1. The average molecular weight is 305 g/mol. The Morgan fingerprint density at radius 2 is 1.90 bits per heavy atom. The number of carbonyl (C=O) groups is 2. The van der Waals surface area contributed by atoms with E-state index in [2.05, 4.69) is 22.5 Å². The Bertz CT molecular complexity index is 540. The SMILES string of the molecule is CCCCc1ccc(NC(=O)C(=O)NC2=NCCS2)cc1. The minimum Gasteiger partial charge on any atom is -0.318 e. The molecule has 0 radical (unpaired) electrons. The van der Waals surface area contributed by atoms with Gasteiger partial charge in [0.25, 0.3) is 0 Å². The summed E-state index contributed by atoms with van der Waals surface area (Å²) in [5.74, 6) is -0.513. The van der Waals surface area contributed by atoms with Crippen LogP contribution >= 0.6 is 11.8 Å². The van der Waals surface area contributed by atoms with Crippen molar-refractivity contribution < 1.29 is 9.59 Å². The number of unbranched alkanes of at least 4 members (excludes halogenated alkanes) is 1. The first-order valence-corrected chi connectivity index (χ1v) is 8.06. The average Bonchev–Trinajstić information content (AvgIpc) is 2.99. The molecule has 2 N–H and O–H groups in total. The van der Waals surface area contributed by atoms with Crippen molar-refractivity contribution in [1.29, 1.82) is 0 Å². The van der Waals surface area contributed by atoms with Crippen LogP contribution in [0.25, 0.3) is 0 Å². The van der Waals surface area contributed by atoms with Crippen molar-refractivity contribution in [3.63, 3.8) is 0 Å². The smallest absolute Gasteiger partial charge is 0.315 e. The maximum absolute atomic E-state index is 11.8. The van der Waals surface area contributed by atoms with Gasteiger partial charge in [-0.2, -0.15) is 0 Å². The third-order valence-corrected chi connectivity index (χ3v) is 3.93. The summed E-state index contributed by atoms with van der Waals surface area (Å²) in [4.78, 5) is 27.5. The monoisotopic (exact) mass is 305 g/mol. The zero-order chi connectivity index (χ0) is 15.1. The number of anilines is 1. The number of hydrogen-bond donors (Lipinski definition) is 2. The molecule has 0 saturated carbocycles. The van der Waals surface area contributed by atoms with Gasteiger partial charge in [0.1, 0.15) is 0 Å². The molecule has 0 aromatic heterocycles. The van der Waals surface area contributed by atoms with E-state index >= 15 is 0 Å². The van der Waals surface area contributed by atoms with Crippen LogP contribution < -0.4 is 10.6 Å². The Hall–Kier alpha value is -1.82. The van der Waals surface area contributed by atoms with E-state index in [4.69, 9.17) is 0 Å². The van der Waals surface area contributed by atoms with Crippen LogP contribution in [0.5, 0.6) is 0 Å². The Morgan fingerprint density at radius 1 is 1.19 bits per heavy atom.